The van der Waals surface area contributed by atoms with E-state index in [9.17, 15) is 9.59 Å². The molecule has 2 amide bonds. The smallest absolute Gasteiger partial charge is 0.224 e. The minimum atomic E-state index is 0.0406. The zero-order chi connectivity index (χ0) is 18.1. The Hall–Kier alpha value is -2.36. The van der Waals surface area contributed by atoms with Gasteiger partial charge in [-0.2, -0.15) is 0 Å². The van der Waals surface area contributed by atoms with E-state index in [1.54, 1.807) is 0 Å². The Morgan fingerprint density at radius 1 is 0.920 bits per heavy atom. The lowest BCUT2D eigenvalue weighted by Gasteiger charge is -2.08. The summed E-state index contributed by atoms with van der Waals surface area (Å²) in [6.07, 6.45) is 4.40. The largest absolute Gasteiger partial charge is 0.356 e. The van der Waals surface area contributed by atoms with Gasteiger partial charge in [0.05, 0.1) is 0 Å². The zero-order valence-electron chi connectivity index (χ0n) is 15.2. The molecule has 0 unspecified atom stereocenters. The summed E-state index contributed by atoms with van der Waals surface area (Å²) in [6, 6.07) is 14.1. The molecule has 2 rings (SSSR count). The lowest BCUT2D eigenvalue weighted by molar-refractivity contribution is -0.124. The third-order valence-corrected chi connectivity index (χ3v) is 4.19. The van der Waals surface area contributed by atoms with Crippen LogP contribution in [-0.4, -0.2) is 18.4 Å². The topological polar surface area (TPSA) is 58.2 Å². The molecule has 4 heteroatoms. The highest BCUT2D eigenvalue weighted by atomic mass is 16.2. The summed E-state index contributed by atoms with van der Waals surface area (Å²) in [5, 5.41) is 8.18. The Kier molecular flexibility index (Phi) is 7.45. The van der Waals surface area contributed by atoms with Crippen molar-refractivity contribution < 1.29 is 9.59 Å². The first-order chi connectivity index (χ1) is 12.1. The molecule has 2 N–H and O–H groups in total. The zero-order valence-corrected chi connectivity index (χ0v) is 15.2. The minimum absolute atomic E-state index is 0.0406. The second-order valence-corrected chi connectivity index (χ2v) is 6.72. The lowest BCUT2D eigenvalue weighted by atomic mass is 10.1. The number of hydrogen-bond acceptors (Lipinski definition) is 2. The molecule has 2 aromatic carbocycles. The van der Waals surface area contributed by atoms with Crippen molar-refractivity contribution in [1.82, 2.24) is 5.32 Å². The van der Waals surface area contributed by atoms with Gasteiger partial charge in [-0.1, -0.05) is 57.0 Å². The van der Waals surface area contributed by atoms with Gasteiger partial charge in [0.25, 0.3) is 0 Å². The second-order valence-electron chi connectivity index (χ2n) is 6.72. The predicted molar refractivity (Wildman–Crippen MR) is 104 cm³/mol. The van der Waals surface area contributed by atoms with E-state index in [4.69, 9.17) is 0 Å². The maximum Gasteiger partial charge on any atom is 0.224 e. The van der Waals surface area contributed by atoms with Crippen LogP contribution in [0.4, 0.5) is 5.69 Å². The van der Waals surface area contributed by atoms with Crippen LogP contribution in [0.15, 0.2) is 42.5 Å². The van der Waals surface area contributed by atoms with E-state index in [0.29, 0.717) is 6.42 Å². The van der Waals surface area contributed by atoms with E-state index >= 15 is 0 Å². The van der Waals surface area contributed by atoms with Gasteiger partial charge in [0.15, 0.2) is 0 Å². The molecule has 0 bridgehead atoms. The Morgan fingerprint density at radius 2 is 1.64 bits per heavy atom. The number of carbonyl (C=O) groups excluding carboxylic acids is 2. The monoisotopic (exact) mass is 340 g/mol. The highest BCUT2D eigenvalue weighted by Crippen LogP contribution is 2.19. The first-order valence-electron chi connectivity index (χ1n) is 9.12. The van der Waals surface area contributed by atoms with Crippen molar-refractivity contribution in [1.29, 1.82) is 0 Å². The Balaban J connectivity index is 1.61. The number of benzene rings is 2. The van der Waals surface area contributed by atoms with Crippen LogP contribution in [0.2, 0.25) is 0 Å². The van der Waals surface area contributed by atoms with Crippen molar-refractivity contribution >= 4 is 28.3 Å². The molecule has 0 radical (unpaired) electrons. The third-order valence-electron chi connectivity index (χ3n) is 4.19. The summed E-state index contributed by atoms with van der Waals surface area (Å²) in [4.78, 5) is 23.4. The Labute approximate surface area is 150 Å². The predicted octanol–water partition coefficient (Wildman–Crippen LogP) is 4.50. The van der Waals surface area contributed by atoms with Crippen molar-refractivity contribution in [3.05, 3.63) is 42.5 Å². The van der Waals surface area contributed by atoms with E-state index in [1.165, 1.54) is 5.39 Å². The summed E-state index contributed by atoms with van der Waals surface area (Å²) in [5.41, 5.74) is 0.847. The van der Waals surface area contributed by atoms with Gasteiger partial charge in [-0.25, -0.2) is 0 Å². The van der Waals surface area contributed by atoms with E-state index in [0.717, 1.165) is 43.3 Å². The maximum atomic E-state index is 12.0. The van der Waals surface area contributed by atoms with Crippen molar-refractivity contribution in [2.45, 2.75) is 46.0 Å². The molecule has 0 aromatic heterocycles. The highest BCUT2D eigenvalue weighted by Gasteiger charge is 2.05. The van der Waals surface area contributed by atoms with Gasteiger partial charge in [0.2, 0.25) is 11.8 Å². The molecule has 4 nitrogen and oxygen atoms in total. The summed E-state index contributed by atoms with van der Waals surface area (Å²) in [6.45, 7) is 4.51. The molecule has 0 heterocycles. The van der Waals surface area contributed by atoms with Crippen LogP contribution in [-0.2, 0) is 9.59 Å². The van der Waals surface area contributed by atoms with Gasteiger partial charge in [0, 0.05) is 24.6 Å². The lowest BCUT2D eigenvalue weighted by Crippen LogP contribution is -2.28. The SMILES string of the molecule is CC(C)C(=O)NCCCCCCC(=O)Nc1ccc2ccccc2c1. The average Bonchev–Trinajstić information content (AvgIpc) is 2.60. The van der Waals surface area contributed by atoms with Crippen LogP contribution in [0, 0.1) is 5.92 Å². The van der Waals surface area contributed by atoms with E-state index in [2.05, 4.69) is 16.7 Å². The summed E-state index contributed by atoms with van der Waals surface area (Å²) in [5.74, 6) is 0.206. The van der Waals surface area contributed by atoms with Gasteiger partial charge in [-0.05, 0) is 35.7 Å². The maximum absolute atomic E-state index is 12.0. The number of anilines is 1. The molecule has 0 saturated heterocycles. The molecule has 0 aliphatic rings. The van der Waals surface area contributed by atoms with Crippen LogP contribution in [0.1, 0.15) is 46.0 Å². The van der Waals surface area contributed by atoms with Gasteiger partial charge < -0.3 is 10.6 Å². The molecule has 0 aliphatic heterocycles. The molecule has 0 saturated carbocycles. The van der Waals surface area contributed by atoms with Crippen molar-refractivity contribution in [2.24, 2.45) is 5.92 Å². The fourth-order valence-corrected chi connectivity index (χ4v) is 2.67. The molecular formula is C21H28N2O2. The van der Waals surface area contributed by atoms with E-state index < -0.39 is 0 Å². The normalized spacial score (nSPS) is 10.8. The number of rotatable bonds is 9. The summed E-state index contributed by atoms with van der Waals surface area (Å²) >= 11 is 0. The number of fused-ring (bicyclic) bond motifs is 1. The number of nitrogens with one attached hydrogen (secondary N) is 2. The molecule has 0 aliphatic carbocycles. The Bertz CT molecular complexity index is 710. The van der Waals surface area contributed by atoms with Crippen LogP contribution in [0.5, 0.6) is 0 Å². The fraction of sp³-hybridized carbons (Fsp3) is 0.429. The molecular weight excluding hydrogens is 312 g/mol. The Morgan fingerprint density at radius 3 is 2.40 bits per heavy atom. The first kappa shape index (κ1) is 19.0. The van der Waals surface area contributed by atoms with Gasteiger partial charge in [0.1, 0.15) is 0 Å². The molecule has 0 atom stereocenters. The highest BCUT2D eigenvalue weighted by molar-refractivity contribution is 5.94. The van der Waals surface area contributed by atoms with E-state index in [1.807, 2.05) is 50.2 Å². The third kappa shape index (κ3) is 6.57. The molecule has 134 valence electrons. The van der Waals surface area contributed by atoms with Gasteiger partial charge in [-0.15, -0.1) is 0 Å². The summed E-state index contributed by atoms with van der Waals surface area (Å²) in [7, 11) is 0. The molecule has 25 heavy (non-hydrogen) atoms. The standard InChI is InChI=1S/C21H28N2O2/c1-16(2)21(25)22-14-8-4-3-5-11-20(24)23-19-13-12-17-9-6-7-10-18(17)15-19/h6-7,9-10,12-13,15-16H,3-5,8,11,14H2,1-2H3,(H,22,25)(H,23,24). The van der Waals surface area contributed by atoms with Gasteiger partial charge >= 0.3 is 0 Å². The number of hydrogen-bond donors (Lipinski definition) is 2. The minimum Gasteiger partial charge on any atom is -0.356 e. The molecule has 2 aromatic rings. The second kappa shape index (κ2) is 9.82. The van der Waals surface area contributed by atoms with Crippen LogP contribution < -0.4 is 10.6 Å². The fourth-order valence-electron chi connectivity index (χ4n) is 2.67. The number of amides is 2. The van der Waals surface area contributed by atoms with Gasteiger partial charge in [-0.3, -0.25) is 9.59 Å². The first-order valence-corrected chi connectivity index (χ1v) is 9.12. The van der Waals surface area contributed by atoms with Crippen molar-refractivity contribution in [3.8, 4) is 0 Å². The molecule has 0 spiro atoms. The van der Waals surface area contributed by atoms with Crippen LogP contribution in [0.25, 0.3) is 10.8 Å². The van der Waals surface area contributed by atoms with Crippen molar-refractivity contribution in [2.75, 3.05) is 11.9 Å². The molecule has 0 fully saturated rings. The quantitative estimate of drug-likeness (QED) is 0.660. The van der Waals surface area contributed by atoms with Crippen LogP contribution in [0.3, 0.4) is 0 Å². The summed E-state index contributed by atoms with van der Waals surface area (Å²) < 4.78 is 0. The van der Waals surface area contributed by atoms with Crippen molar-refractivity contribution in [3.63, 3.8) is 0 Å². The van der Waals surface area contributed by atoms with Crippen LogP contribution >= 0.6 is 0 Å². The average molecular weight is 340 g/mol. The number of unbranched alkanes of at least 4 members (excludes halogenated alkanes) is 3. The van der Waals surface area contributed by atoms with E-state index in [-0.39, 0.29) is 17.7 Å². The number of carbonyl (C=O) groups is 2.